The van der Waals surface area contributed by atoms with E-state index in [4.69, 9.17) is 5.73 Å². The molecule has 2 aromatic rings. The van der Waals surface area contributed by atoms with Crippen LogP contribution in [0.2, 0.25) is 0 Å². The Morgan fingerprint density at radius 3 is 2.79 bits per heavy atom. The normalized spacial score (nSPS) is 12.2. The molecule has 100 valence electrons. The van der Waals surface area contributed by atoms with E-state index < -0.39 is 11.7 Å². The van der Waals surface area contributed by atoms with Crippen LogP contribution in [0.4, 0.5) is 10.1 Å². The number of nitrogens with zero attached hydrogens (tertiary/aromatic N) is 2. The van der Waals surface area contributed by atoms with Crippen LogP contribution in [0.5, 0.6) is 0 Å². The van der Waals surface area contributed by atoms with E-state index in [0.29, 0.717) is 0 Å². The van der Waals surface area contributed by atoms with Crippen molar-refractivity contribution in [2.45, 2.75) is 13.0 Å². The summed E-state index contributed by atoms with van der Waals surface area (Å²) in [5.41, 5.74) is 6.59. The highest BCUT2D eigenvalue weighted by Crippen LogP contribution is 2.22. The highest BCUT2D eigenvalue weighted by Gasteiger charge is 2.13. The monoisotopic (exact) mass is 262 g/mol. The zero-order valence-electron chi connectivity index (χ0n) is 10.7. The Bertz CT molecular complexity index is 608. The third-order valence-corrected chi connectivity index (χ3v) is 2.93. The molecule has 1 aromatic heterocycles. The second-order valence-electron chi connectivity index (χ2n) is 4.30. The average Bonchev–Trinajstić information content (AvgIpc) is 2.78. The number of nitrogens with two attached hydrogens (primary N) is 1. The minimum absolute atomic E-state index is 0.148. The van der Waals surface area contributed by atoms with Gasteiger partial charge in [0.1, 0.15) is 5.82 Å². The second-order valence-corrected chi connectivity index (χ2v) is 4.30. The Labute approximate surface area is 110 Å². The molecule has 6 heteroatoms. The molecule has 0 aliphatic carbocycles. The topological polar surface area (TPSA) is 72.9 Å². The van der Waals surface area contributed by atoms with Crippen molar-refractivity contribution in [3.05, 3.63) is 47.5 Å². The second kappa shape index (κ2) is 5.09. The van der Waals surface area contributed by atoms with Crippen LogP contribution in [-0.4, -0.2) is 15.7 Å². The summed E-state index contributed by atoms with van der Waals surface area (Å²) in [6.07, 6.45) is 1.67. The fraction of sp³-hybridized carbons (Fsp3) is 0.231. The van der Waals surface area contributed by atoms with E-state index in [1.54, 1.807) is 10.9 Å². The quantitative estimate of drug-likeness (QED) is 0.882. The van der Waals surface area contributed by atoms with Crippen molar-refractivity contribution < 1.29 is 9.18 Å². The van der Waals surface area contributed by atoms with Gasteiger partial charge in [0.05, 0.1) is 17.4 Å². The molecule has 1 unspecified atom stereocenters. The molecule has 0 aliphatic heterocycles. The van der Waals surface area contributed by atoms with Crippen molar-refractivity contribution in [3.63, 3.8) is 0 Å². The Balaban J connectivity index is 2.26. The SMILES string of the molecule is CC(Nc1cc(C(N)=O)ccc1F)c1ccnn1C. The molecule has 1 heterocycles. The van der Waals surface area contributed by atoms with Gasteiger partial charge in [-0.3, -0.25) is 9.48 Å². The summed E-state index contributed by atoms with van der Waals surface area (Å²) >= 11 is 0. The standard InChI is InChI=1S/C13H15FN4O/c1-8(12-5-6-16-18(12)2)17-11-7-9(13(15)19)3-4-10(11)14/h3-8,17H,1-2H3,(H2,15,19). The van der Waals surface area contributed by atoms with E-state index in [9.17, 15) is 9.18 Å². The molecule has 0 aliphatic rings. The maximum atomic E-state index is 13.7. The molecule has 3 N–H and O–H groups in total. The van der Waals surface area contributed by atoms with Crippen LogP contribution in [0.1, 0.15) is 29.0 Å². The van der Waals surface area contributed by atoms with Gasteiger partial charge in [-0.25, -0.2) is 4.39 Å². The van der Waals surface area contributed by atoms with Crippen LogP contribution in [0.3, 0.4) is 0 Å². The van der Waals surface area contributed by atoms with Crippen molar-refractivity contribution in [1.29, 1.82) is 0 Å². The maximum absolute atomic E-state index is 13.7. The largest absolute Gasteiger partial charge is 0.375 e. The lowest BCUT2D eigenvalue weighted by Crippen LogP contribution is -2.14. The van der Waals surface area contributed by atoms with Gasteiger partial charge in [-0.15, -0.1) is 0 Å². The third kappa shape index (κ3) is 2.73. The lowest BCUT2D eigenvalue weighted by Gasteiger charge is -2.16. The summed E-state index contributed by atoms with van der Waals surface area (Å²) < 4.78 is 15.4. The number of amides is 1. The van der Waals surface area contributed by atoms with Gasteiger partial charge in [-0.05, 0) is 31.2 Å². The number of primary amides is 1. The molecule has 19 heavy (non-hydrogen) atoms. The van der Waals surface area contributed by atoms with E-state index in [1.165, 1.54) is 18.2 Å². The zero-order chi connectivity index (χ0) is 14.0. The van der Waals surface area contributed by atoms with Gasteiger partial charge >= 0.3 is 0 Å². The lowest BCUT2D eigenvalue weighted by molar-refractivity contribution is 0.100. The predicted molar refractivity (Wildman–Crippen MR) is 70.2 cm³/mol. The van der Waals surface area contributed by atoms with Gasteiger partial charge in [0.15, 0.2) is 0 Å². The minimum atomic E-state index is -0.587. The van der Waals surface area contributed by atoms with Crippen molar-refractivity contribution in [1.82, 2.24) is 9.78 Å². The highest BCUT2D eigenvalue weighted by atomic mass is 19.1. The van der Waals surface area contributed by atoms with Crippen LogP contribution in [0, 0.1) is 5.82 Å². The number of carbonyl (C=O) groups is 1. The number of aryl methyl sites for hydroxylation is 1. The van der Waals surface area contributed by atoms with E-state index in [1.807, 2.05) is 20.0 Å². The molecule has 0 saturated heterocycles. The van der Waals surface area contributed by atoms with Crippen LogP contribution < -0.4 is 11.1 Å². The first-order chi connectivity index (χ1) is 8.99. The van der Waals surface area contributed by atoms with Crippen molar-refractivity contribution in [3.8, 4) is 0 Å². The first-order valence-electron chi connectivity index (χ1n) is 5.83. The molecular weight excluding hydrogens is 247 g/mol. The number of anilines is 1. The Kier molecular flexibility index (Phi) is 3.50. The molecular formula is C13H15FN4O. The molecule has 5 nitrogen and oxygen atoms in total. The number of hydrogen-bond acceptors (Lipinski definition) is 3. The fourth-order valence-corrected chi connectivity index (χ4v) is 1.91. The smallest absolute Gasteiger partial charge is 0.248 e. The third-order valence-electron chi connectivity index (χ3n) is 2.93. The summed E-state index contributed by atoms with van der Waals surface area (Å²) in [4.78, 5) is 11.1. The van der Waals surface area contributed by atoms with Gasteiger partial charge in [0.2, 0.25) is 5.91 Å². The maximum Gasteiger partial charge on any atom is 0.248 e. The van der Waals surface area contributed by atoms with Gasteiger partial charge in [-0.2, -0.15) is 5.10 Å². The van der Waals surface area contributed by atoms with Crippen LogP contribution in [0.15, 0.2) is 30.5 Å². The van der Waals surface area contributed by atoms with Gasteiger partial charge in [0, 0.05) is 18.8 Å². The molecule has 2 rings (SSSR count). The number of carbonyl (C=O) groups excluding carboxylic acids is 1. The number of aromatic nitrogens is 2. The highest BCUT2D eigenvalue weighted by molar-refractivity contribution is 5.93. The molecule has 1 amide bonds. The fourth-order valence-electron chi connectivity index (χ4n) is 1.91. The minimum Gasteiger partial charge on any atom is -0.375 e. The van der Waals surface area contributed by atoms with Crippen molar-refractivity contribution in [2.75, 3.05) is 5.32 Å². The first kappa shape index (κ1) is 13.1. The van der Waals surface area contributed by atoms with Crippen molar-refractivity contribution >= 4 is 11.6 Å². The Morgan fingerprint density at radius 1 is 1.47 bits per heavy atom. The number of rotatable bonds is 4. The van der Waals surface area contributed by atoms with E-state index in [2.05, 4.69) is 10.4 Å². The molecule has 1 atom stereocenters. The summed E-state index contributed by atoms with van der Waals surface area (Å²) in [5.74, 6) is -1.02. The van der Waals surface area contributed by atoms with Gasteiger partial charge < -0.3 is 11.1 Å². The van der Waals surface area contributed by atoms with Gasteiger partial charge in [0.25, 0.3) is 0 Å². The molecule has 0 saturated carbocycles. The summed E-state index contributed by atoms with van der Waals surface area (Å²) in [5, 5.41) is 7.06. The van der Waals surface area contributed by atoms with E-state index in [0.717, 1.165) is 5.69 Å². The summed E-state index contributed by atoms with van der Waals surface area (Å²) in [7, 11) is 1.81. The van der Waals surface area contributed by atoms with Crippen LogP contribution in [0.25, 0.3) is 0 Å². The molecule has 1 aromatic carbocycles. The number of halogens is 1. The summed E-state index contributed by atoms with van der Waals surface area (Å²) in [6.45, 7) is 1.88. The van der Waals surface area contributed by atoms with Crippen LogP contribution in [-0.2, 0) is 7.05 Å². The van der Waals surface area contributed by atoms with Crippen LogP contribution >= 0.6 is 0 Å². The van der Waals surface area contributed by atoms with E-state index in [-0.39, 0.29) is 17.3 Å². The lowest BCUT2D eigenvalue weighted by atomic mass is 10.1. The Morgan fingerprint density at radius 2 is 2.21 bits per heavy atom. The predicted octanol–water partition coefficient (Wildman–Crippen LogP) is 1.83. The molecule has 0 bridgehead atoms. The molecule has 0 spiro atoms. The Hall–Kier alpha value is -2.37. The first-order valence-corrected chi connectivity index (χ1v) is 5.83. The van der Waals surface area contributed by atoms with Crippen molar-refractivity contribution in [2.24, 2.45) is 12.8 Å². The van der Waals surface area contributed by atoms with E-state index >= 15 is 0 Å². The molecule has 0 radical (unpaired) electrons. The van der Waals surface area contributed by atoms with Gasteiger partial charge in [-0.1, -0.05) is 0 Å². The molecule has 0 fully saturated rings. The summed E-state index contributed by atoms with van der Waals surface area (Å²) in [6, 6.07) is 5.68. The zero-order valence-corrected chi connectivity index (χ0v) is 10.7. The number of benzene rings is 1. The number of nitrogens with one attached hydrogen (secondary N) is 1. The average molecular weight is 262 g/mol. The number of hydrogen-bond donors (Lipinski definition) is 2.